The number of hydrogen-bond donors (Lipinski definition) is 1. The Balaban J connectivity index is 1.85. The molecule has 1 fully saturated rings. The first-order valence-electron chi connectivity index (χ1n) is 6.17. The predicted molar refractivity (Wildman–Crippen MR) is 80.3 cm³/mol. The topological polar surface area (TPSA) is 62.5 Å². The molecule has 2 aromatic rings. The van der Waals surface area contributed by atoms with Crippen LogP contribution in [0.2, 0.25) is 0 Å². The zero-order chi connectivity index (χ0) is 13.6. The van der Waals surface area contributed by atoms with Crippen LogP contribution in [0.15, 0.2) is 6.07 Å². The van der Waals surface area contributed by atoms with Gasteiger partial charge in [0.05, 0.1) is 9.58 Å². The molecule has 0 aliphatic carbocycles. The van der Waals surface area contributed by atoms with Gasteiger partial charge in [0.1, 0.15) is 4.83 Å². The Kier molecular flexibility index (Phi) is 3.20. The summed E-state index contributed by atoms with van der Waals surface area (Å²) in [6.07, 6.45) is 0.897. The van der Waals surface area contributed by atoms with Gasteiger partial charge in [-0.2, -0.15) is 0 Å². The molecule has 2 aromatic heterocycles. The number of thiophene rings is 1. The van der Waals surface area contributed by atoms with Gasteiger partial charge in [-0.3, -0.25) is 4.79 Å². The molecule has 2 N–H and O–H groups in total. The second-order valence-electron chi connectivity index (χ2n) is 4.97. The second-order valence-corrected chi connectivity index (χ2v) is 7.01. The fourth-order valence-electron chi connectivity index (χ4n) is 2.15. The van der Waals surface area contributed by atoms with Crippen molar-refractivity contribution in [3.05, 3.63) is 10.9 Å². The summed E-state index contributed by atoms with van der Waals surface area (Å²) < 4.78 is 1.08. The van der Waals surface area contributed by atoms with E-state index in [0.717, 1.165) is 32.5 Å². The quantitative estimate of drug-likeness (QED) is 0.914. The lowest BCUT2D eigenvalue weighted by molar-refractivity contribution is 0.0795. The zero-order valence-corrected chi connectivity index (χ0v) is 12.6. The molecule has 0 spiro atoms. The van der Waals surface area contributed by atoms with E-state index in [1.165, 1.54) is 11.3 Å². The third-order valence-electron chi connectivity index (χ3n) is 3.18. The average Bonchev–Trinajstić information content (AvgIpc) is 3.00. The molecule has 1 saturated heterocycles. The van der Waals surface area contributed by atoms with Gasteiger partial charge in [0, 0.05) is 33.2 Å². The monoisotopic (exact) mass is 296 g/mol. The van der Waals surface area contributed by atoms with Gasteiger partial charge in [0.2, 0.25) is 0 Å². The SMILES string of the molecule is CN(C)c1nc2sc(C(=O)N3CC[C@@H](N)C3)cc2s1. The smallest absolute Gasteiger partial charge is 0.264 e. The molecule has 1 aliphatic rings. The Bertz CT molecular complexity index is 587. The number of anilines is 1. The third kappa shape index (κ3) is 2.33. The van der Waals surface area contributed by atoms with E-state index in [0.29, 0.717) is 6.54 Å². The van der Waals surface area contributed by atoms with E-state index in [2.05, 4.69) is 4.98 Å². The summed E-state index contributed by atoms with van der Waals surface area (Å²) >= 11 is 3.09. The fourth-order valence-corrected chi connectivity index (χ4v) is 4.25. The Labute approximate surface area is 119 Å². The lowest BCUT2D eigenvalue weighted by Gasteiger charge is -2.14. The highest BCUT2D eigenvalue weighted by molar-refractivity contribution is 7.29. The van der Waals surface area contributed by atoms with Crippen LogP contribution in [0.25, 0.3) is 9.53 Å². The summed E-state index contributed by atoms with van der Waals surface area (Å²) in [7, 11) is 3.94. The van der Waals surface area contributed by atoms with Crippen LogP contribution in [0.4, 0.5) is 5.13 Å². The standard InChI is InChI=1S/C12H16N4OS2/c1-15(2)12-14-10-8(19-12)5-9(18-10)11(17)16-4-3-7(13)6-16/h5,7H,3-4,6,13H2,1-2H3/t7-/m1/s1. The van der Waals surface area contributed by atoms with Gasteiger partial charge < -0.3 is 15.5 Å². The molecule has 0 aromatic carbocycles. The number of rotatable bonds is 2. The molecule has 1 amide bonds. The van der Waals surface area contributed by atoms with Gasteiger partial charge in [-0.05, 0) is 12.5 Å². The van der Waals surface area contributed by atoms with Crippen LogP contribution in [0.3, 0.4) is 0 Å². The van der Waals surface area contributed by atoms with Crippen LogP contribution in [-0.4, -0.2) is 49.0 Å². The molecular weight excluding hydrogens is 280 g/mol. The Morgan fingerprint density at radius 3 is 2.89 bits per heavy atom. The molecule has 19 heavy (non-hydrogen) atoms. The third-order valence-corrected chi connectivity index (χ3v) is 5.50. The summed E-state index contributed by atoms with van der Waals surface area (Å²) in [6.45, 7) is 1.43. The van der Waals surface area contributed by atoms with Gasteiger partial charge in [0.25, 0.3) is 5.91 Å². The van der Waals surface area contributed by atoms with Crippen molar-refractivity contribution in [2.45, 2.75) is 12.5 Å². The first-order chi connectivity index (χ1) is 9.04. The molecule has 3 heterocycles. The number of fused-ring (bicyclic) bond motifs is 1. The highest BCUT2D eigenvalue weighted by atomic mass is 32.1. The van der Waals surface area contributed by atoms with E-state index in [1.807, 2.05) is 30.0 Å². The summed E-state index contributed by atoms with van der Waals surface area (Å²) in [6, 6.07) is 2.08. The van der Waals surface area contributed by atoms with Gasteiger partial charge in [-0.1, -0.05) is 11.3 Å². The number of amides is 1. The summed E-state index contributed by atoms with van der Waals surface area (Å²) in [5, 5.41) is 0.975. The van der Waals surface area contributed by atoms with Crippen LogP contribution < -0.4 is 10.6 Å². The average molecular weight is 296 g/mol. The molecule has 1 aliphatic heterocycles. The van der Waals surface area contributed by atoms with Crippen LogP contribution in [0.1, 0.15) is 16.1 Å². The van der Waals surface area contributed by atoms with Crippen LogP contribution >= 0.6 is 22.7 Å². The van der Waals surface area contributed by atoms with Crippen molar-refractivity contribution in [2.75, 3.05) is 32.1 Å². The van der Waals surface area contributed by atoms with Gasteiger partial charge in [-0.15, -0.1) is 11.3 Å². The lowest BCUT2D eigenvalue weighted by Crippen LogP contribution is -2.31. The number of thiazole rings is 1. The molecule has 0 saturated carbocycles. The number of carbonyl (C=O) groups excluding carboxylic acids is 1. The summed E-state index contributed by atoms with van der Waals surface area (Å²) in [4.78, 5) is 22.4. The predicted octanol–water partition coefficient (Wildman–Crippen LogP) is 1.60. The minimum absolute atomic E-state index is 0.0922. The summed E-state index contributed by atoms with van der Waals surface area (Å²) in [5.74, 6) is 0.0922. The first kappa shape index (κ1) is 12.8. The van der Waals surface area contributed by atoms with Crippen LogP contribution in [-0.2, 0) is 0 Å². The van der Waals surface area contributed by atoms with Crippen molar-refractivity contribution < 1.29 is 4.79 Å². The van der Waals surface area contributed by atoms with Gasteiger partial charge >= 0.3 is 0 Å². The molecule has 1 atom stereocenters. The van der Waals surface area contributed by atoms with E-state index in [4.69, 9.17) is 5.73 Å². The van der Waals surface area contributed by atoms with E-state index in [-0.39, 0.29) is 11.9 Å². The number of nitrogens with zero attached hydrogens (tertiary/aromatic N) is 3. The molecule has 7 heteroatoms. The normalized spacial score (nSPS) is 19.3. The maximum atomic E-state index is 12.3. The lowest BCUT2D eigenvalue weighted by atomic mass is 10.3. The zero-order valence-electron chi connectivity index (χ0n) is 10.9. The highest BCUT2D eigenvalue weighted by Gasteiger charge is 2.26. The van der Waals surface area contributed by atoms with Crippen molar-refractivity contribution in [1.29, 1.82) is 0 Å². The molecule has 0 bridgehead atoms. The van der Waals surface area contributed by atoms with Crippen molar-refractivity contribution in [2.24, 2.45) is 5.73 Å². The van der Waals surface area contributed by atoms with Crippen molar-refractivity contribution in [3.63, 3.8) is 0 Å². The first-order valence-corrected chi connectivity index (χ1v) is 7.80. The van der Waals surface area contributed by atoms with Crippen molar-refractivity contribution >= 4 is 43.2 Å². The molecule has 3 rings (SSSR count). The number of hydrogen-bond acceptors (Lipinski definition) is 6. The number of nitrogens with two attached hydrogens (primary N) is 1. The molecule has 0 radical (unpaired) electrons. The van der Waals surface area contributed by atoms with Crippen LogP contribution in [0, 0.1) is 0 Å². The largest absolute Gasteiger partial charge is 0.354 e. The van der Waals surface area contributed by atoms with Crippen LogP contribution in [0.5, 0.6) is 0 Å². The molecule has 5 nitrogen and oxygen atoms in total. The second kappa shape index (κ2) is 4.73. The summed E-state index contributed by atoms with van der Waals surface area (Å²) in [5.41, 5.74) is 5.84. The van der Waals surface area contributed by atoms with E-state index < -0.39 is 0 Å². The molecule has 0 unspecified atom stereocenters. The maximum Gasteiger partial charge on any atom is 0.264 e. The molecule has 102 valence electrons. The fraction of sp³-hybridized carbons (Fsp3) is 0.500. The number of aromatic nitrogens is 1. The minimum Gasteiger partial charge on any atom is -0.354 e. The van der Waals surface area contributed by atoms with Crippen molar-refractivity contribution in [3.8, 4) is 0 Å². The van der Waals surface area contributed by atoms with Gasteiger partial charge in [-0.25, -0.2) is 4.98 Å². The molecular formula is C12H16N4OS2. The van der Waals surface area contributed by atoms with Crippen molar-refractivity contribution in [1.82, 2.24) is 9.88 Å². The number of likely N-dealkylation sites (tertiary alicyclic amines) is 1. The van der Waals surface area contributed by atoms with Gasteiger partial charge in [0.15, 0.2) is 5.13 Å². The Morgan fingerprint density at radius 1 is 1.53 bits per heavy atom. The van der Waals surface area contributed by atoms with E-state index in [9.17, 15) is 4.79 Å². The highest BCUT2D eigenvalue weighted by Crippen LogP contribution is 2.34. The van der Waals surface area contributed by atoms with E-state index >= 15 is 0 Å². The van der Waals surface area contributed by atoms with E-state index in [1.54, 1.807) is 11.3 Å². The number of carbonyl (C=O) groups is 1. The Hall–Kier alpha value is -1.18. The maximum absolute atomic E-state index is 12.3. The Morgan fingerprint density at radius 2 is 2.32 bits per heavy atom. The minimum atomic E-state index is 0.0922.